The Kier molecular flexibility index (Phi) is 3.19. The first-order chi connectivity index (χ1) is 5.77. The van der Waals surface area contributed by atoms with Gasteiger partial charge in [0.2, 0.25) is 5.89 Å². The Morgan fingerprint density at radius 1 is 1.67 bits per heavy atom. The molecular weight excluding hydrogens is 158 g/mol. The van der Waals surface area contributed by atoms with Gasteiger partial charge in [0.1, 0.15) is 6.10 Å². The van der Waals surface area contributed by atoms with Crippen molar-refractivity contribution in [1.82, 2.24) is 10.1 Å². The van der Waals surface area contributed by atoms with Crippen LogP contribution in [0.5, 0.6) is 0 Å². The third kappa shape index (κ3) is 2.02. The summed E-state index contributed by atoms with van der Waals surface area (Å²) < 4.78 is 9.92. The molecule has 5 nitrogen and oxygen atoms in total. The van der Waals surface area contributed by atoms with E-state index in [-0.39, 0.29) is 6.10 Å². The Balaban J connectivity index is 2.63. The van der Waals surface area contributed by atoms with Crippen LogP contribution in [0.2, 0.25) is 0 Å². The first-order valence-corrected chi connectivity index (χ1v) is 3.83. The molecule has 0 aliphatic carbocycles. The molecular formula is C7H13N3O2. The summed E-state index contributed by atoms with van der Waals surface area (Å²) in [6, 6.07) is 0. The fourth-order valence-corrected chi connectivity index (χ4v) is 0.764. The monoisotopic (exact) mass is 171 g/mol. The van der Waals surface area contributed by atoms with Crippen molar-refractivity contribution >= 4 is 0 Å². The molecule has 1 rings (SSSR count). The maximum atomic E-state index is 5.32. The molecule has 0 aliphatic heterocycles. The highest BCUT2D eigenvalue weighted by Gasteiger charge is 2.11. The molecule has 68 valence electrons. The maximum absolute atomic E-state index is 5.32. The van der Waals surface area contributed by atoms with Crippen LogP contribution in [-0.4, -0.2) is 23.8 Å². The van der Waals surface area contributed by atoms with Gasteiger partial charge in [0.05, 0.1) is 0 Å². The molecule has 1 atom stereocenters. The van der Waals surface area contributed by atoms with Crippen LogP contribution >= 0.6 is 0 Å². The molecule has 0 aromatic carbocycles. The summed E-state index contributed by atoms with van der Waals surface area (Å²) in [6.45, 7) is 2.38. The standard InChI is InChI=1S/C7H13N3O2/c1-5(11-2)7-9-6(3-4-8)12-10-7/h5H,3-4,8H2,1-2H3. The summed E-state index contributed by atoms with van der Waals surface area (Å²) in [5.74, 6) is 1.14. The van der Waals surface area contributed by atoms with Gasteiger partial charge in [-0.25, -0.2) is 0 Å². The number of rotatable bonds is 4. The van der Waals surface area contributed by atoms with Crippen molar-refractivity contribution in [2.45, 2.75) is 19.4 Å². The van der Waals surface area contributed by atoms with Gasteiger partial charge in [0.25, 0.3) is 0 Å². The lowest BCUT2D eigenvalue weighted by atomic mass is 10.4. The van der Waals surface area contributed by atoms with Gasteiger partial charge < -0.3 is 15.0 Å². The third-order valence-corrected chi connectivity index (χ3v) is 1.56. The molecule has 0 saturated heterocycles. The predicted octanol–water partition coefficient (Wildman–Crippen LogP) is 0.278. The maximum Gasteiger partial charge on any atom is 0.228 e. The summed E-state index contributed by atoms with van der Waals surface area (Å²) in [7, 11) is 1.60. The number of aromatic nitrogens is 2. The fraction of sp³-hybridized carbons (Fsp3) is 0.714. The molecule has 1 aromatic rings. The number of nitrogens with two attached hydrogens (primary N) is 1. The Hall–Kier alpha value is -0.940. The molecule has 0 saturated carbocycles. The second-order valence-corrected chi connectivity index (χ2v) is 2.46. The summed E-state index contributed by atoms with van der Waals surface area (Å²) in [6.07, 6.45) is 0.490. The molecule has 0 amide bonds. The van der Waals surface area contributed by atoms with Crippen LogP contribution in [0.4, 0.5) is 0 Å². The van der Waals surface area contributed by atoms with Crippen molar-refractivity contribution in [3.63, 3.8) is 0 Å². The summed E-state index contributed by atoms with van der Waals surface area (Å²) >= 11 is 0. The minimum atomic E-state index is -0.125. The van der Waals surface area contributed by atoms with Crippen LogP contribution in [0.3, 0.4) is 0 Å². The van der Waals surface area contributed by atoms with E-state index in [0.29, 0.717) is 24.7 Å². The Morgan fingerprint density at radius 3 is 3.00 bits per heavy atom. The Labute approximate surface area is 70.9 Å². The van der Waals surface area contributed by atoms with Crippen molar-refractivity contribution in [3.05, 3.63) is 11.7 Å². The molecule has 5 heteroatoms. The molecule has 0 spiro atoms. The zero-order valence-corrected chi connectivity index (χ0v) is 7.28. The van der Waals surface area contributed by atoms with Crippen LogP contribution in [0.25, 0.3) is 0 Å². The molecule has 0 aliphatic rings. The Bertz CT molecular complexity index is 236. The van der Waals surface area contributed by atoms with E-state index in [1.807, 2.05) is 6.92 Å². The lowest BCUT2D eigenvalue weighted by molar-refractivity contribution is 0.109. The van der Waals surface area contributed by atoms with Crippen molar-refractivity contribution in [1.29, 1.82) is 0 Å². The van der Waals surface area contributed by atoms with E-state index in [4.69, 9.17) is 15.0 Å². The van der Waals surface area contributed by atoms with E-state index < -0.39 is 0 Å². The number of methoxy groups -OCH3 is 1. The first-order valence-electron chi connectivity index (χ1n) is 3.83. The predicted molar refractivity (Wildman–Crippen MR) is 42.5 cm³/mol. The SMILES string of the molecule is COC(C)c1noc(CCN)n1. The highest BCUT2D eigenvalue weighted by atomic mass is 16.5. The van der Waals surface area contributed by atoms with Crippen LogP contribution in [0.15, 0.2) is 4.52 Å². The molecule has 1 unspecified atom stereocenters. The van der Waals surface area contributed by atoms with Crippen LogP contribution < -0.4 is 5.73 Å². The highest BCUT2D eigenvalue weighted by molar-refractivity contribution is 4.89. The summed E-state index contributed by atoms with van der Waals surface area (Å²) in [5, 5.41) is 3.74. The van der Waals surface area contributed by atoms with E-state index >= 15 is 0 Å². The molecule has 1 heterocycles. The lowest BCUT2D eigenvalue weighted by Crippen LogP contribution is -2.03. The quantitative estimate of drug-likeness (QED) is 0.704. The first kappa shape index (κ1) is 9.15. The second kappa shape index (κ2) is 4.18. The van der Waals surface area contributed by atoms with E-state index in [0.717, 1.165) is 0 Å². The van der Waals surface area contributed by atoms with Gasteiger partial charge in [0.15, 0.2) is 5.82 Å². The van der Waals surface area contributed by atoms with Crippen molar-refractivity contribution < 1.29 is 9.26 Å². The van der Waals surface area contributed by atoms with Crippen molar-refractivity contribution in [3.8, 4) is 0 Å². The normalized spacial score (nSPS) is 13.2. The third-order valence-electron chi connectivity index (χ3n) is 1.56. The minimum absolute atomic E-state index is 0.125. The largest absolute Gasteiger partial charge is 0.374 e. The molecule has 2 N–H and O–H groups in total. The highest BCUT2D eigenvalue weighted by Crippen LogP contribution is 2.11. The van der Waals surface area contributed by atoms with Crippen LogP contribution in [-0.2, 0) is 11.2 Å². The summed E-state index contributed by atoms with van der Waals surface area (Å²) in [5.41, 5.74) is 5.32. The van der Waals surface area contributed by atoms with Gasteiger partial charge in [-0.05, 0) is 6.92 Å². The average Bonchev–Trinajstić information content (AvgIpc) is 2.52. The number of ether oxygens (including phenoxy) is 1. The van der Waals surface area contributed by atoms with E-state index in [1.165, 1.54) is 0 Å². The number of hydrogen-bond acceptors (Lipinski definition) is 5. The zero-order chi connectivity index (χ0) is 8.97. The molecule has 0 radical (unpaired) electrons. The summed E-state index contributed by atoms with van der Waals surface area (Å²) in [4.78, 5) is 4.09. The van der Waals surface area contributed by atoms with Gasteiger partial charge in [0, 0.05) is 20.1 Å². The van der Waals surface area contributed by atoms with Gasteiger partial charge in [-0.15, -0.1) is 0 Å². The topological polar surface area (TPSA) is 74.2 Å². The number of nitrogens with zero attached hydrogens (tertiary/aromatic N) is 2. The Morgan fingerprint density at radius 2 is 2.42 bits per heavy atom. The molecule has 12 heavy (non-hydrogen) atoms. The molecule has 0 fully saturated rings. The smallest absolute Gasteiger partial charge is 0.228 e. The number of hydrogen-bond donors (Lipinski definition) is 1. The lowest BCUT2D eigenvalue weighted by Gasteiger charge is -2.00. The van der Waals surface area contributed by atoms with Crippen molar-refractivity contribution in [2.24, 2.45) is 5.73 Å². The van der Waals surface area contributed by atoms with Gasteiger partial charge >= 0.3 is 0 Å². The second-order valence-electron chi connectivity index (χ2n) is 2.46. The molecule has 1 aromatic heterocycles. The van der Waals surface area contributed by atoms with Gasteiger partial charge in [-0.3, -0.25) is 0 Å². The fourth-order valence-electron chi connectivity index (χ4n) is 0.764. The van der Waals surface area contributed by atoms with Gasteiger partial charge in [-0.1, -0.05) is 5.16 Å². The van der Waals surface area contributed by atoms with Crippen LogP contribution in [0, 0.1) is 0 Å². The van der Waals surface area contributed by atoms with Crippen molar-refractivity contribution in [2.75, 3.05) is 13.7 Å². The van der Waals surface area contributed by atoms with E-state index in [1.54, 1.807) is 7.11 Å². The minimum Gasteiger partial charge on any atom is -0.374 e. The molecule has 0 bridgehead atoms. The van der Waals surface area contributed by atoms with Crippen LogP contribution in [0.1, 0.15) is 24.7 Å². The van der Waals surface area contributed by atoms with E-state index in [2.05, 4.69) is 10.1 Å². The van der Waals surface area contributed by atoms with Gasteiger partial charge in [-0.2, -0.15) is 4.98 Å². The zero-order valence-electron chi connectivity index (χ0n) is 7.28. The van der Waals surface area contributed by atoms with E-state index in [9.17, 15) is 0 Å². The average molecular weight is 171 g/mol.